The van der Waals surface area contributed by atoms with Crippen LogP contribution in [-0.2, 0) is 11.3 Å². The lowest BCUT2D eigenvalue weighted by Crippen LogP contribution is -2.46. The Kier molecular flexibility index (Phi) is 4.25. The van der Waals surface area contributed by atoms with Crippen molar-refractivity contribution >= 4 is 11.9 Å². The smallest absolute Gasteiger partial charge is 0.343 e. The van der Waals surface area contributed by atoms with Crippen LogP contribution in [0.3, 0.4) is 0 Å². The molecular formula is C19H24N2O5. The van der Waals surface area contributed by atoms with E-state index < -0.39 is 11.4 Å². The Morgan fingerprint density at radius 3 is 2.73 bits per heavy atom. The molecule has 1 aromatic heterocycles. The maximum absolute atomic E-state index is 13.1. The van der Waals surface area contributed by atoms with Gasteiger partial charge >= 0.3 is 5.97 Å². The molecule has 0 N–H and O–H groups in total. The van der Waals surface area contributed by atoms with E-state index in [1.165, 1.54) is 6.20 Å². The molecule has 1 aliphatic carbocycles. The van der Waals surface area contributed by atoms with Crippen LogP contribution in [0.4, 0.5) is 0 Å². The molecule has 7 nitrogen and oxygen atoms in total. The van der Waals surface area contributed by atoms with Crippen molar-refractivity contribution in [2.24, 2.45) is 5.92 Å². The number of unbranched alkanes of at least 4 members (excludes halogenated alkanes) is 1. The number of carbonyl (C=O) groups excluding carboxylic acids is 2. The zero-order valence-corrected chi connectivity index (χ0v) is 15.2. The first-order valence-corrected chi connectivity index (χ1v) is 9.46. The predicted molar refractivity (Wildman–Crippen MR) is 93.5 cm³/mol. The largest absolute Gasteiger partial charge is 0.487 e. The normalized spacial score (nSPS) is 25.4. The summed E-state index contributed by atoms with van der Waals surface area (Å²) in [6.45, 7) is 4.84. The van der Waals surface area contributed by atoms with Gasteiger partial charge in [-0.05, 0) is 32.1 Å². The number of ether oxygens (including phenoxy) is 2. The van der Waals surface area contributed by atoms with Gasteiger partial charge in [0.05, 0.1) is 19.3 Å². The van der Waals surface area contributed by atoms with Gasteiger partial charge in [-0.25, -0.2) is 4.79 Å². The number of hydrogen-bond donors (Lipinski definition) is 0. The van der Waals surface area contributed by atoms with E-state index in [-0.39, 0.29) is 41.6 Å². The molecule has 3 aliphatic heterocycles. The molecule has 0 spiro atoms. The first kappa shape index (κ1) is 17.1. The SMILES string of the molecule is CCCCOc1c2n(cc(C(=O)OCC)c1=O)C[C@@H]1C3CC(C3)N1C2=O. The fraction of sp³-hybridized carbons (Fsp3) is 0.632. The van der Waals surface area contributed by atoms with Gasteiger partial charge in [0.2, 0.25) is 5.43 Å². The second-order valence-corrected chi connectivity index (χ2v) is 7.29. The number of amides is 1. The van der Waals surface area contributed by atoms with Gasteiger partial charge in [-0.1, -0.05) is 13.3 Å². The molecule has 3 fully saturated rings. The standard InChI is InChI=1S/C19H24N2O5/c1-3-5-6-26-17-15-18(23)21-12-7-11(8-12)14(21)10-20(15)9-13(16(17)22)19(24)25-4-2/h9,11-12,14H,3-8,10H2,1-2H3/t11?,12?,14-/m1/s1. The van der Waals surface area contributed by atoms with Gasteiger partial charge in [0.25, 0.3) is 5.91 Å². The predicted octanol–water partition coefficient (Wildman–Crippen LogP) is 1.82. The zero-order valence-electron chi connectivity index (χ0n) is 15.2. The van der Waals surface area contributed by atoms with Gasteiger partial charge in [0, 0.05) is 18.8 Å². The minimum Gasteiger partial charge on any atom is -0.487 e. The van der Waals surface area contributed by atoms with Crippen molar-refractivity contribution in [2.45, 2.75) is 58.2 Å². The van der Waals surface area contributed by atoms with E-state index in [9.17, 15) is 14.4 Å². The average molecular weight is 360 g/mol. The molecule has 26 heavy (non-hydrogen) atoms. The molecule has 0 unspecified atom stereocenters. The lowest BCUT2D eigenvalue weighted by Gasteiger charge is -2.33. The third-order valence-electron chi connectivity index (χ3n) is 5.74. The van der Waals surface area contributed by atoms with E-state index >= 15 is 0 Å². The molecule has 1 atom stereocenters. The first-order valence-electron chi connectivity index (χ1n) is 9.46. The quantitative estimate of drug-likeness (QED) is 0.571. The molecule has 2 bridgehead atoms. The molecule has 5 rings (SSSR count). The third-order valence-corrected chi connectivity index (χ3v) is 5.74. The number of fused-ring (bicyclic) bond motifs is 1. The topological polar surface area (TPSA) is 77.8 Å². The summed E-state index contributed by atoms with van der Waals surface area (Å²) < 4.78 is 12.5. The van der Waals surface area contributed by atoms with Crippen molar-refractivity contribution < 1.29 is 19.1 Å². The van der Waals surface area contributed by atoms with Gasteiger partial charge in [-0.15, -0.1) is 0 Å². The Labute approximate surface area is 151 Å². The van der Waals surface area contributed by atoms with Crippen LogP contribution in [0.15, 0.2) is 11.0 Å². The Morgan fingerprint density at radius 1 is 1.27 bits per heavy atom. The van der Waals surface area contributed by atoms with Crippen molar-refractivity contribution in [1.82, 2.24) is 9.47 Å². The molecule has 1 aromatic rings. The maximum Gasteiger partial charge on any atom is 0.343 e. The fourth-order valence-electron chi connectivity index (χ4n) is 4.36. The van der Waals surface area contributed by atoms with Crippen molar-refractivity contribution in [3.63, 3.8) is 0 Å². The highest BCUT2D eigenvalue weighted by atomic mass is 16.5. The summed E-state index contributed by atoms with van der Waals surface area (Å²) in [5.41, 5.74) is -0.333. The molecule has 0 aromatic carbocycles. The van der Waals surface area contributed by atoms with Gasteiger partial charge in [0.15, 0.2) is 11.4 Å². The minimum absolute atomic E-state index is 0.00319. The molecule has 1 amide bonds. The van der Waals surface area contributed by atoms with Crippen molar-refractivity contribution in [1.29, 1.82) is 0 Å². The second kappa shape index (κ2) is 6.45. The van der Waals surface area contributed by atoms with Crippen LogP contribution in [0.25, 0.3) is 0 Å². The van der Waals surface area contributed by atoms with E-state index in [0.717, 1.165) is 25.7 Å². The maximum atomic E-state index is 13.1. The van der Waals surface area contributed by atoms with Crippen LogP contribution in [0.5, 0.6) is 5.75 Å². The highest BCUT2D eigenvalue weighted by molar-refractivity contribution is 5.98. The monoisotopic (exact) mass is 360 g/mol. The average Bonchev–Trinajstić information content (AvgIpc) is 3.11. The molecule has 0 radical (unpaired) electrons. The summed E-state index contributed by atoms with van der Waals surface area (Å²) in [6.07, 6.45) is 5.23. The summed E-state index contributed by atoms with van der Waals surface area (Å²) in [4.78, 5) is 40.1. The Hall–Kier alpha value is -2.31. The first-order chi connectivity index (χ1) is 12.6. The van der Waals surface area contributed by atoms with E-state index in [2.05, 4.69) is 0 Å². The number of aromatic nitrogens is 1. The van der Waals surface area contributed by atoms with Crippen LogP contribution in [0.1, 0.15) is 60.4 Å². The second-order valence-electron chi connectivity index (χ2n) is 7.29. The summed E-state index contributed by atoms with van der Waals surface area (Å²) in [5, 5.41) is 0. The van der Waals surface area contributed by atoms with Gasteiger partial charge < -0.3 is 18.9 Å². The van der Waals surface area contributed by atoms with Crippen LogP contribution < -0.4 is 10.2 Å². The van der Waals surface area contributed by atoms with Gasteiger partial charge in [-0.2, -0.15) is 0 Å². The number of rotatable bonds is 6. The number of carbonyl (C=O) groups is 2. The lowest BCUT2D eigenvalue weighted by molar-refractivity contribution is 0.0516. The lowest BCUT2D eigenvalue weighted by atomic mass is 9.83. The minimum atomic E-state index is -0.668. The molecule has 140 valence electrons. The van der Waals surface area contributed by atoms with Gasteiger partial charge in [-0.3, -0.25) is 9.59 Å². The number of nitrogens with zero attached hydrogens (tertiary/aromatic N) is 2. The van der Waals surface area contributed by atoms with E-state index in [1.54, 1.807) is 11.5 Å². The molecule has 1 saturated carbocycles. The highest BCUT2D eigenvalue weighted by Crippen LogP contribution is 2.49. The molecule has 7 heteroatoms. The number of pyridine rings is 1. The van der Waals surface area contributed by atoms with Crippen molar-refractivity contribution in [3.8, 4) is 5.75 Å². The number of hydrogen-bond acceptors (Lipinski definition) is 5. The fourth-order valence-corrected chi connectivity index (χ4v) is 4.36. The summed E-state index contributed by atoms with van der Waals surface area (Å²) in [7, 11) is 0. The van der Waals surface area contributed by atoms with E-state index in [1.807, 2.05) is 11.8 Å². The molecular weight excluding hydrogens is 336 g/mol. The Balaban J connectivity index is 1.79. The van der Waals surface area contributed by atoms with Crippen molar-refractivity contribution in [3.05, 3.63) is 27.7 Å². The molecule has 4 heterocycles. The Bertz CT molecular complexity index is 809. The van der Waals surface area contributed by atoms with Crippen molar-refractivity contribution in [2.75, 3.05) is 13.2 Å². The van der Waals surface area contributed by atoms with Crippen LogP contribution >= 0.6 is 0 Å². The number of esters is 1. The summed E-state index contributed by atoms with van der Waals surface area (Å²) in [5.74, 6) is -0.299. The van der Waals surface area contributed by atoms with Gasteiger partial charge in [0.1, 0.15) is 5.56 Å². The Morgan fingerprint density at radius 2 is 2.04 bits per heavy atom. The van der Waals surface area contributed by atoms with Crippen LogP contribution in [0.2, 0.25) is 0 Å². The van der Waals surface area contributed by atoms with Crippen LogP contribution in [0, 0.1) is 5.92 Å². The van der Waals surface area contributed by atoms with Crippen LogP contribution in [-0.4, -0.2) is 46.6 Å². The van der Waals surface area contributed by atoms with E-state index in [4.69, 9.17) is 9.47 Å². The molecule has 2 saturated heterocycles. The third kappa shape index (κ3) is 2.44. The van der Waals surface area contributed by atoms with E-state index in [0.29, 0.717) is 19.1 Å². The summed E-state index contributed by atoms with van der Waals surface area (Å²) >= 11 is 0. The summed E-state index contributed by atoms with van der Waals surface area (Å²) in [6, 6.07) is 0.440. The zero-order chi connectivity index (χ0) is 18.4. The molecule has 4 aliphatic rings. The highest BCUT2D eigenvalue weighted by Gasteiger charge is 2.55.